The lowest BCUT2D eigenvalue weighted by Crippen LogP contribution is -2.13. The average molecular weight is 234 g/mol. The van der Waals surface area contributed by atoms with E-state index in [1.54, 1.807) is 30.2 Å². The SMILES string of the molecule is CNc1cc(NCCn2ccnn2)nc(N)n1. The maximum atomic E-state index is 5.57. The summed E-state index contributed by atoms with van der Waals surface area (Å²) in [4.78, 5) is 8.07. The summed E-state index contributed by atoms with van der Waals surface area (Å²) in [5.74, 6) is 1.60. The van der Waals surface area contributed by atoms with E-state index in [1.165, 1.54) is 0 Å². The van der Waals surface area contributed by atoms with Crippen LogP contribution in [0.15, 0.2) is 18.5 Å². The van der Waals surface area contributed by atoms with Crippen LogP contribution in [0.5, 0.6) is 0 Å². The molecule has 0 bridgehead atoms. The summed E-state index contributed by atoms with van der Waals surface area (Å²) >= 11 is 0. The lowest BCUT2D eigenvalue weighted by atomic mass is 10.5. The molecule has 0 atom stereocenters. The van der Waals surface area contributed by atoms with Gasteiger partial charge >= 0.3 is 0 Å². The lowest BCUT2D eigenvalue weighted by Gasteiger charge is -2.07. The van der Waals surface area contributed by atoms with Crippen LogP contribution >= 0.6 is 0 Å². The minimum atomic E-state index is 0.236. The van der Waals surface area contributed by atoms with E-state index < -0.39 is 0 Å². The van der Waals surface area contributed by atoms with E-state index in [4.69, 9.17) is 5.73 Å². The molecule has 0 spiro atoms. The van der Waals surface area contributed by atoms with Crippen LogP contribution in [0.3, 0.4) is 0 Å². The Morgan fingerprint density at radius 1 is 1.35 bits per heavy atom. The summed E-state index contributed by atoms with van der Waals surface area (Å²) in [6.07, 6.45) is 3.44. The van der Waals surface area contributed by atoms with Crippen LogP contribution < -0.4 is 16.4 Å². The van der Waals surface area contributed by atoms with Gasteiger partial charge in [-0.2, -0.15) is 9.97 Å². The zero-order valence-electron chi connectivity index (χ0n) is 9.46. The van der Waals surface area contributed by atoms with Gasteiger partial charge < -0.3 is 16.4 Å². The van der Waals surface area contributed by atoms with Crippen molar-refractivity contribution in [3.63, 3.8) is 0 Å². The molecule has 0 saturated heterocycles. The van der Waals surface area contributed by atoms with E-state index >= 15 is 0 Å². The highest BCUT2D eigenvalue weighted by atomic mass is 15.4. The van der Waals surface area contributed by atoms with Crippen molar-refractivity contribution in [1.82, 2.24) is 25.0 Å². The monoisotopic (exact) mass is 234 g/mol. The summed E-state index contributed by atoms with van der Waals surface area (Å²) in [7, 11) is 1.78. The number of nitrogens with zero attached hydrogens (tertiary/aromatic N) is 5. The van der Waals surface area contributed by atoms with Crippen LogP contribution in [0.2, 0.25) is 0 Å². The number of rotatable bonds is 5. The minimum absolute atomic E-state index is 0.236. The first kappa shape index (κ1) is 11.1. The van der Waals surface area contributed by atoms with Gasteiger partial charge in [0.25, 0.3) is 0 Å². The van der Waals surface area contributed by atoms with Gasteiger partial charge in [-0.05, 0) is 0 Å². The molecule has 0 aliphatic rings. The highest BCUT2D eigenvalue weighted by Crippen LogP contribution is 2.11. The van der Waals surface area contributed by atoms with Crippen LogP contribution in [0.25, 0.3) is 0 Å². The van der Waals surface area contributed by atoms with Crippen molar-refractivity contribution in [2.24, 2.45) is 0 Å². The number of hydrogen-bond acceptors (Lipinski definition) is 7. The van der Waals surface area contributed by atoms with Crippen LogP contribution in [0.1, 0.15) is 0 Å². The molecule has 0 amide bonds. The quantitative estimate of drug-likeness (QED) is 0.657. The molecule has 0 aliphatic heterocycles. The zero-order valence-corrected chi connectivity index (χ0v) is 9.46. The molecular formula is C9H14N8. The van der Waals surface area contributed by atoms with Crippen LogP contribution in [-0.2, 0) is 6.54 Å². The maximum absolute atomic E-state index is 5.57. The van der Waals surface area contributed by atoms with Crippen LogP contribution in [0.4, 0.5) is 17.6 Å². The Morgan fingerprint density at radius 2 is 2.18 bits per heavy atom. The Morgan fingerprint density at radius 3 is 2.88 bits per heavy atom. The number of hydrogen-bond donors (Lipinski definition) is 3. The van der Waals surface area contributed by atoms with E-state index in [0.717, 1.165) is 0 Å². The smallest absolute Gasteiger partial charge is 0.223 e. The molecule has 0 unspecified atom stereocenters. The second kappa shape index (κ2) is 5.10. The molecule has 0 aliphatic carbocycles. The zero-order chi connectivity index (χ0) is 12.1. The topological polar surface area (TPSA) is 107 Å². The van der Waals surface area contributed by atoms with Gasteiger partial charge in [0.15, 0.2) is 0 Å². The summed E-state index contributed by atoms with van der Waals surface area (Å²) in [6.45, 7) is 1.39. The Bertz CT molecular complexity index is 466. The average Bonchev–Trinajstić information content (AvgIpc) is 2.81. The third-order valence-corrected chi connectivity index (χ3v) is 2.12. The maximum Gasteiger partial charge on any atom is 0.223 e. The molecule has 0 saturated carbocycles. The van der Waals surface area contributed by atoms with Gasteiger partial charge in [0, 0.05) is 25.9 Å². The van der Waals surface area contributed by atoms with Crippen molar-refractivity contribution < 1.29 is 0 Å². The van der Waals surface area contributed by atoms with Gasteiger partial charge in [-0.1, -0.05) is 5.21 Å². The molecule has 0 radical (unpaired) electrons. The molecule has 17 heavy (non-hydrogen) atoms. The lowest BCUT2D eigenvalue weighted by molar-refractivity contribution is 0.608. The fourth-order valence-electron chi connectivity index (χ4n) is 1.34. The largest absolute Gasteiger partial charge is 0.373 e. The van der Waals surface area contributed by atoms with Gasteiger partial charge in [0.2, 0.25) is 5.95 Å². The molecule has 4 N–H and O–H groups in total. The first-order valence-electron chi connectivity index (χ1n) is 5.18. The van der Waals surface area contributed by atoms with E-state index in [9.17, 15) is 0 Å². The van der Waals surface area contributed by atoms with Crippen molar-refractivity contribution in [2.75, 3.05) is 30.0 Å². The van der Waals surface area contributed by atoms with Crippen molar-refractivity contribution in [3.05, 3.63) is 18.5 Å². The second-order valence-corrected chi connectivity index (χ2v) is 3.34. The Balaban J connectivity index is 1.92. The van der Waals surface area contributed by atoms with Gasteiger partial charge in [-0.15, -0.1) is 5.10 Å². The molecule has 0 aromatic carbocycles. The van der Waals surface area contributed by atoms with E-state index in [2.05, 4.69) is 30.9 Å². The molecular weight excluding hydrogens is 220 g/mol. The normalized spacial score (nSPS) is 10.2. The minimum Gasteiger partial charge on any atom is -0.373 e. The molecule has 2 rings (SSSR count). The number of aromatic nitrogens is 5. The van der Waals surface area contributed by atoms with Gasteiger partial charge in [0.05, 0.1) is 12.7 Å². The molecule has 2 aromatic rings. The fraction of sp³-hybridized carbons (Fsp3) is 0.333. The Hall–Kier alpha value is -2.38. The van der Waals surface area contributed by atoms with Crippen LogP contribution in [0, 0.1) is 0 Å². The second-order valence-electron chi connectivity index (χ2n) is 3.34. The van der Waals surface area contributed by atoms with E-state index in [1.807, 2.05) is 0 Å². The molecule has 2 aromatic heterocycles. The predicted octanol–water partition coefficient (Wildman–Crippen LogP) is -0.196. The van der Waals surface area contributed by atoms with Crippen molar-refractivity contribution in [2.45, 2.75) is 6.54 Å². The van der Waals surface area contributed by atoms with Crippen molar-refractivity contribution >= 4 is 17.6 Å². The summed E-state index contributed by atoms with van der Waals surface area (Å²) in [6, 6.07) is 1.79. The molecule has 0 fully saturated rings. The highest BCUT2D eigenvalue weighted by Gasteiger charge is 2.00. The first-order valence-corrected chi connectivity index (χ1v) is 5.18. The summed E-state index contributed by atoms with van der Waals surface area (Å²) in [5, 5.41) is 13.6. The standard InChI is InChI=1S/C9H14N8/c1-11-7-6-8(15-9(10)14-7)12-2-4-17-5-3-13-16-17/h3,5-6H,2,4H2,1H3,(H4,10,11,12,14,15). The third kappa shape index (κ3) is 3.03. The fourth-order valence-corrected chi connectivity index (χ4v) is 1.34. The van der Waals surface area contributed by atoms with E-state index in [0.29, 0.717) is 24.7 Å². The molecule has 90 valence electrons. The summed E-state index contributed by atoms with van der Waals surface area (Å²) in [5.41, 5.74) is 5.57. The van der Waals surface area contributed by atoms with Crippen molar-refractivity contribution in [3.8, 4) is 0 Å². The number of nitrogens with one attached hydrogen (secondary N) is 2. The first-order chi connectivity index (χ1) is 8.28. The third-order valence-electron chi connectivity index (χ3n) is 2.12. The number of nitrogens with two attached hydrogens (primary N) is 1. The number of anilines is 3. The highest BCUT2D eigenvalue weighted by molar-refractivity contribution is 5.50. The predicted molar refractivity (Wildman–Crippen MR) is 64.5 cm³/mol. The molecule has 8 nitrogen and oxygen atoms in total. The molecule has 2 heterocycles. The van der Waals surface area contributed by atoms with Crippen LogP contribution in [-0.4, -0.2) is 38.6 Å². The summed E-state index contributed by atoms with van der Waals surface area (Å²) < 4.78 is 1.73. The van der Waals surface area contributed by atoms with E-state index in [-0.39, 0.29) is 5.95 Å². The molecule has 8 heteroatoms. The van der Waals surface area contributed by atoms with Crippen molar-refractivity contribution in [1.29, 1.82) is 0 Å². The van der Waals surface area contributed by atoms with Gasteiger partial charge in [-0.25, -0.2) is 0 Å². The van der Waals surface area contributed by atoms with Gasteiger partial charge in [0.1, 0.15) is 11.6 Å². The Labute approximate surface area is 98.3 Å². The Kier molecular flexibility index (Phi) is 3.34. The van der Waals surface area contributed by atoms with Gasteiger partial charge in [-0.3, -0.25) is 4.68 Å². The number of nitrogen functional groups attached to an aromatic ring is 1.